The first kappa shape index (κ1) is 8.99. The first-order valence-corrected chi connectivity index (χ1v) is 4.12. The minimum absolute atomic E-state index is 0.105. The van der Waals surface area contributed by atoms with Crippen LogP contribution in [0, 0.1) is 18.3 Å². The molecule has 1 N–H and O–H groups in total. The van der Waals surface area contributed by atoms with Gasteiger partial charge in [0.25, 0.3) is 0 Å². The van der Waals surface area contributed by atoms with Crippen molar-refractivity contribution in [1.29, 1.82) is 0 Å². The van der Waals surface area contributed by atoms with E-state index in [-0.39, 0.29) is 5.69 Å². The summed E-state index contributed by atoms with van der Waals surface area (Å²) in [5, 5.41) is 2.66. The molecule has 1 heterocycles. The van der Waals surface area contributed by atoms with Crippen molar-refractivity contribution in [2.24, 2.45) is 0 Å². The van der Waals surface area contributed by atoms with Crippen LogP contribution < -0.4 is 10.2 Å². The Bertz CT molecular complexity index is 367. The molecule has 0 amide bonds. The molecule has 2 rings (SSSR count). The van der Waals surface area contributed by atoms with E-state index in [0.29, 0.717) is 5.70 Å². The molecule has 4 heteroatoms. The van der Waals surface area contributed by atoms with Crippen LogP contribution in [0.25, 0.3) is 0 Å². The number of para-hydroxylation sites is 1. The van der Waals surface area contributed by atoms with Crippen molar-refractivity contribution in [2.45, 2.75) is 6.92 Å². The zero-order valence-corrected chi connectivity index (χ0v) is 7.51. The van der Waals surface area contributed by atoms with E-state index in [1.54, 1.807) is 13.1 Å². The lowest BCUT2D eigenvalue weighted by Crippen LogP contribution is -2.18. The van der Waals surface area contributed by atoms with Crippen LogP contribution in [0.1, 0.15) is 6.92 Å². The lowest BCUT2D eigenvalue weighted by Gasteiger charge is -2.18. The van der Waals surface area contributed by atoms with Crippen molar-refractivity contribution < 1.29 is 8.78 Å². The highest BCUT2D eigenvalue weighted by Gasteiger charge is 2.21. The van der Waals surface area contributed by atoms with Gasteiger partial charge in [-0.1, -0.05) is 6.07 Å². The number of benzene rings is 1. The Kier molecular flexibility index (Phi) is 2.11. The Morgan fingerprint density at radius 3 is 2.43 bits per heavy atom. The summed E-state index contributed by atoms with van der Waals surface area (Å²) in [4.78, 5) is 1.31. The van der Waals surface area contributed by atoms with Gasteiger partial charge in [-0.3, -0.25) is 0 Å². The van der Waals surface area contributed by atoms with Crippen molar-refractivity contribution in [1.82, 2.24) is 5.32 Å². The van der Waals surface area contributed by atoms with Crippen LogP contribution in [0.3, 0.4) is 0 Å². The van der Waals surface area contributed by atoms with Crippen molar-refractivity contribution in [3.05, 3.63) is 48.4 Å². The molecular weight excluding hydrogens is 186 g/mol. The molecule has 0 saturated carbocycles. The number of nitrogens with zero attached hydrogens (tertiary/aromatic N) is 1. The molecule has 0 atom stereocenters. The summed E-state index contributed by atoms with van der Waals surface area (Å²) in [7, 11) is 0. The minimum Gasteiger partial charge on any atom is -0.360 e. The minimum atomic E-state index is -0.603. The van der Waals surface area contributed by atoms with Crippen molar-refractivity contribution in [3.8, 4) is 0 Å². The molecule has 14 heavy (non-hydrogen) atoms. The molecular formula is C10H8F2N2. The predicted octanol–water partition coefficient (Wildman–Crippen LogP) is 2.23. The molecule has 2 nitrogen and oxygen atoms in total. The van der Waals surface area contributed by atoms with Crippen LogP contribution in [0.2, 0.25) is 0 Å². The summed E-state index contributed by atoms with van der Waals surface area (Å²) in [5.74, 6) is -1.21. The lowest BCUT2D eigenvalue weighted by atomic mass is 10.2. The number of anilines is 1. The summed E-state index contributed by atoms with van der Waals surface area (Å²) in [5.41, 5.74) is 0.584. The third-order valence-electron chi connectivity index (χ3n) is 1.97. The largest absolute Gasteiger partial charge is 0.360 e. The maximum Gasteiger partial charge on any atom is 0.210 e. The van der Waals surface area contributed by atoms with Crippen LogP contribution in [0.15, 0.2) is 30.1 Å². The van der Waals surface area contributed by atoms with Crippen molar-refractivity contribution >= 4 is 5.69 Å². The molecule has 1 aliphatic heterocycles. The monoisotopic (exact) mass is 194 g/mol. The zero-order chi connectivity index (χ0) is 10.1. The number of allylic oxidation sites excluding steroid dienone is 1. The van der Waals surface area contributed by atoms with E-state index in [1.165, 1.54) is 23.1 Å². The summed E-state index contributed by atoms with van der Waals surface area (Å²) < 4.78 is 26.6. The van der Waals surface area contributed by atoms with Gasteiger partial charge in [0.2, 0.25) is 6.67 Å². The predicted molar refractivity (Wildman–Crippen MR) is 49.0 cm³/mol. The Hall–Kier alpha value is -1.58. The SMILES string of the molecule is CC1=CN[C]N1c1c(F)cccc1F. The number of nitrogens with one attached hydrogen (secondary N) is 1. The first-order valence-electron chi connectivity index (χ1n) is 4.12. The summed E-state index contributed by atoms with van der Waals surface area (Å²) >= 11 is 0. The van der Waals surface area contributed by atoms with E-state index in [4.69, 9.17) is 0 Å². The standard InChI is InChI=1S/C10H8F2N2/c1-7-5-13-6-14(7)10-8(11)3-2-4-9(10)12/h2-5,13H,1H3. The van der Waals surface area contributed by atoms with Gasteiger partial charge in [0, 0.05) is 11.9 Å². The fourth-order valence-corrected chi connectivity index (χ4v) is 1.29. The molecule has 72 valence electrons. The number of rotatable bonds is 1. The van der Waals surface area contributed by atoms with Crippen LogP contribution in [-0.2, 0) is 0 Å². The van der Waals surface area contributed by atoms with E-state index in [9.17, 15) is 8.78 Å². The van der Waals surface area contributed by atoms with Crippen LogP contribution in [0.4, 0.5) is 14.5 Å². The normalized spacial score (nSPS) is 15.4. The van der Waals surface area contributed by atoms with Gasteiger partial charge in [-0.2, -0.15) is 0 Å². The second kappa shape index (κ2) is 3.29. The van der Waals surface area contributed by atoms with Crippen molar-refractivity contribution in [2.75, 3.05) is 4.90 Å². The first-order chi connectivity index (χ1) is 6.70. The van der Waals surface area contributed by atoms with Gasteiger partial charge < -0.3 is 10.2 Å². The summed E-state index contributed by atoms with van der Waals surface area (Å²) in [6, 6.07) is 3.76. The molecule has 0 saturated heterocycles. The van der Waals surface area contributed by atoms with Gasteiger partial charge in [0.1, 0.15) is 17.3 Å². The Morgan fingerprint density at radius 2 is 1.93 bits per heavy atom. The third-order valence-corrected chi connectivity index (χ3v) is 1.97. The molecule has 0 fully saturated rings. The molecule has 0 aromatic heterocycles. The average molecular weight is 194 g/mol. The van der Waals surface area contributed by atoms with E-state index in [1.807, 2.05) is 0 Å². The van der Waals surface area contributed by atoms with Gasteiger partial charge in [-0.15, -0.1) is 0 Å². The van der Waals surface area contributed by atoms with E-state index >= 15 is 0 Å². The topological polar surface area (TPSA) is 15.3 Å². The van der Waals surface area contributed by atoms with Gasteiger partial charge in [0.05, 0.1) is 0 Å². The number of halogens is 2. The molecule has 2 radical (unpaired) electrons. The molecule has 0 unspecified atom stereocenters. The molecule has 0 bridgehead atoms. The van der Waals surface area contributed by atoms with Gasteiger partial charge in [-0.05, 0) is 19.1 Å². The van der Waals surface area contributed by atoms with E-state index < -0.39 is 11.6 Å². The van der Waals surface area contributed by atoms with Crippen LogP contribution in [-0.4, -0.2) is 0 Å². The number of hydrogen-bond donors (Lipinski definition) is 1. The quantitative estimate of drug-likeness (QED) is 0.737. The lowest BCUT2D eigenvalue weighted by molar-refractivity contribution is 0.582. The van der Waals surface area contributed by atoms with Gasteiger partial charge in [0.15, 0.2) is 0 Å². The Labute approximate surface area is 80.8 Å². The maximum atomic E-state index is 13.3. The van der Waals surface area contributed by atoms with Crippen LogP contribution >= 0.6 is 0 Å². The smallest absolute Gasteiger partial charge is 0.210 e. The molecule has 0 spiro atoms. The highest BCUT2D eigenvalue weighted by molar-refractivity contribution is 5.57. The fourth-order valence-electron chi connectivity index (χ4n) is 1.29. The Morgan fingerprint density at radius 1 is 1.29 bits per heavy atom. The maximum absolute atomic E-state index is 13.3. The second-order valence-corrected chi connectivity index (χ2v) is 2.95. The highest BCUT2D eigenvalue weighted by Crippen LogP contribution is 2.28. The molecule has 1 aromatic rings. The summed E-state index contributed by atoms with van der Waals surface area (Å²) in [6.07, 6.45) is 1.62. The van der Waals surface area contributed by atoms with Gasteiger partial charge in [-0.25, -0.2) is 8.78 Å². The van der Waals surface area contributed by atoms with Gasteiger partial charge >= 0.3 is 0 Å². The van der Waals surface area contributed by atoms with Crippen LogP contribution in [0.5, 0.6) is 0 Å². The van der Waals surface area contributed by atoms with E-state index in [2.05, 4.69) is 12.0 Å². The zero-order valence-electron chi connectivity index (χ0n) is 7.51. The number of hydrogen-bond acceptors (Lipinski definition) is 2. The van der Waals surface area contributed by atoms with E-state index in [0.717, 1.165) is 0 Å². The Balaban J connectivity index is 2.46. The molecule has 1 aliphatic rings. The third kappa shape index (κ3) is 1.32. The van der Waals surface area contributed by atoms with Crippen molar-refractivity contribution in [3.63, 3.8) is 0 Å². The second-order valence-electron chi connectivity index (χ2n) is 2.95. The fraction of sp³-hybridized carbons (Fsp3) is 0.100. The molecule has 0 aliphatic carbocycles. The average Bonchev–Trinajstić information content (AvgIpc) is 2.52. The summed E-state index contributed by atoms with van der Waals surface area (Å²) in [6.45, 7) is 4.35. The highest BCUT2D eigenvalue weighted by atomic mass is 19.1. The molecule has 1 aromatic carbocycles.